The number of hydrogen-bond acceptors (Lipinski definition) is 3. The van der Waals surface area contributed by atoms with Gasteiger partial charge in [0.25, 0.3) is 5.91 Å². The zero-order chi connectivity index (χ0) is 17.5. The van der Waals surface area contributed by atoms with Crippen LogP contribution < -0.4 is 10.1 Å². The Kier molecular flexibility index (Phi) is 6.37. The largest absolute Gasteiger partial charge is 0.483 e. The third-order valence-corrected chi connectivity index (χ3v) is 3.95. The molecule has 126 valence electrons. The van der Waals surface area contributed by atoms with Crippen LogP contribution in [0.2, 0.25) is 0 Å². The Balaban J connectivity index is 1.98. The summed E-state index contributed by atoms with van der Waals surface area (Å²) in [5.41, 5.74) is 1.48. The highest BCUT2D eigenvalue weighted by Gasteiger charge is 2.12. The molecule has 2 aromatic rings. The van der Waals surface area contributed by atoms with Crippen LogP contribution in [-0.2, 0) is 11.2 Å². The summed E-state index contributed by atoms with van der Waals surface area (Å²) >= 11 is 3.43. The number of halogens is 1. The van der Waals surface area contributed by atoms with Crippen LogP contribution in [-0.4, -0.2) is 23.6 Å². The Morgan fingerprint density at radius 1 is 1.21 bits per heavy atom. The number of carbonyl (C=O) groups is 2. The molecule has 0 heterocycles. The van der Waals surface area contributed by atoms with Crippen molar-refractivity contribution in [3.8, 4) is 5.75 Å². The monoisotopic (exact) mass is 391 g/mol. The van der Waals surface area contributed by atoms with Crippen LogP contribution in [0, 0.1) is 0 Å². The lowest BCUT2D eigenvalue weighted by molar-refractivity contribution is -0.118. The molecule has 0 aromatic heterocycles. The fraction of sp³-hybridized carbons (Fsp3) is 0.222. The number of hydrogen-bond donors (Lipinski definition) is 2. The van der Waals surface area contributed by atoms with Gasteiger partial charge in [0.15, 0.2) is 6.61 Å². The molecular formula is C18H18BrNO4. The summed E-state index contributed by atoms with van der Waals surface area (Å²) in [4.78, 5) is 23.1. The summed E-state index contributed by atoms with van der Waals surface area (Å²) in [6.45, 7) is 1.90. The Morgan fingerprint density at radius 3 is 2.62 bits per heavy atom. The first-order chi connectivity index (χ1) is 11.5. The second kappa shape index (κ2) is 8.49. The number of aromatic carboxylic acids is 1. The van der Waals surface area contributed by atoms with Gasteiger partial charge in [-0.1, -0.05) is 31.5 Å². The van der Waals surface area contributed by atoms with E-state index in [-0.39, 0.29) is 17.9 Å². The molecule has 0 saturated carbocycles. The maximum atomic E-state index is 12.0. The number of para-hydroxylation sites is 1. The maximum Gasteiger partial charge on any atom is 0.337 e. The van der Waals surface area contributed by atoms with Crippen molar-refractivity contribution in [1.82, 2.24) is 0 Å². The van der Waals surface area contributed by atoms with E-state index in [2.05, 4.69) is 28.2 Å². The fourth-order valence-corrected chi connectivity index (χ4v) is 2.75. The van der Waals surface area contributed by atoms with Crippen LogP contribution >= 0.6 is 15.9 Å². The Bertz CT molecular complexity index is 746. The van der Waals surface area contributed by atoms with Gasteiger partial charge in [0, 0.05) is 0 Å². The third-order valence-electron chi connectivity index (χ3n) is 3.33. The number of nitrogens with one attached hydrogen (secondary N) is 1. The molecule has 6 heteroatoms. The van der Waals surface area contributed by atoms with Crippen molar-refractivity contribution in [1.29, 1.82) is 0 Å². The van der Waals surface area contributed by atoms with E-state index in [0.717, 1.165) is 17.3 Å². The molecule has 2 N–H and O–H groups in total. The molecule has 0 fully saturated rings. The Morgan fingerprint density at radius 2 is 1.96 bits per heavy atom. The fourth-order valence-electron chi connectivity index (χ4n) is 2.21. The maximum absolute atomic E-state index is 12.0. The number of rotatable bonds is 7. The lowest BCUT2D eigenvalue weighted by Crippen LogP contribution is -2.21. The molecule has 0 atom stereocenters. The predicted molar refractivity (Wildman–Crippen MR) is 95.7 cm³/mol. The minimum Gasteiger partial charge on any atom is -0.483 e. The lowest BCUT2D eigenvalue weighted by Gasteiger charge is -2.11. The van der Waals surface area contributed by atoms with Crippen molar-refractivity contribution in [2.75, 3.05) is 11.9 Å². The summed E-state index contributed by atoms with van der Waals surface area (Å²) in [5.74, 6) is -0.953. The van der Waals surface area contributed by atoms with Gasteiger partial charge in [-0.2, -0.15) is 0 Å². The van der Waals surface area contributed by atoms with E-state index < -0.39 is 11.9 Å². The van der Waals surface area contributed by atoms with Gasteiger partial charge in [-0.25, -0.2) is 4.79 Å². The molecule has 0 aliphatic rings. The van der Waals surface area contributed by atoms with Crippen molar-refractivity contribution in [2.24, 2.45) is 0 Å². The van der Waals surface area contributed by atoms with E-state index in [1.807, 2.05) is 18.2 Å². The number of aryl methyl sites for hydroxylation is 1. The van der Waals surface area contributed by atoms with Gasteiger partial charge in [-0.3, -0.25) is 4.79 Å². The molecule has 1 amide bonds. The molecule has 5 nitrogen and oxygen atoms in total. The molecule has 0 aliphatic carbocycles. The van der Waals surface area contributed by atoms with Gasteiger partial charge >= 0.3 is 5.97 Å². The van der Waals surface area contributed by atoms with E-state index >= 15 is 0 Å². The van der Waals surface area contributed by atoms with Crippen molar-refractivity contribution < 1.29 is 19.4 Å². The molecule has 0 unspecified atom stereocenters. The zero-order valence-corrected chi connectivity index (χ0v) is 14.8. The smallest absolute Gasteiger partial charge is 0.337 e. The summed E-state index contributed by atoms with van der Waals surface area (Å²) in [6.07, 6.45) is 2.03. The first-order valence-corrected chi connectivity index (χ1v) is 8.34. The second-order valence-electron chi connectivity index (χ2n) is 5.20. The van der Waals surface area contributed by atoms with Crippen molar-refractivity contribution in [3.63, 3.8) is 0 Å². The summed E-state index contributed by atoms with van der Waals surface area (Å²) in [5, 5.41) is 11.7. The third kappa shape index (κ3) is 4.83. The quantitative estimate of drug-likeness (QED) is 0.744. The van der Waals surface area contributed by atoms with Gasteiger partial charge in [0.1, 0.15) is 5.75 Å². The number of carboxylic acid groups (broad SMARTS) is 1. The van der Waals surface area contributed by atoms with Crippen LogP contribution in [0.15, 0.2) is 46.9 Å². The van der Waals surface area contributed by atoms with E-state index in [1.165, 1.54) is 17.7 Å². The van der Waals surface area contributed by atoms with Gasteiger partial charge in [-0.05, 0) is 52.2 Å². The minimum atomic E-state index is -1.10. The highest BCUT2D eigenvalue weighted by atomic mass is 79.9. The second-order valence-corrected chi connectivity index (χ2v) is 6.06. The molecule has 24 heavy (non-hydrogen) atoms. The molecule has 0 bridgehead atoms. The summed E-state index contributed by atoms with van der Waals surface area (Å²) in [7, 11) is 0. The lowest BCUT2D eigenvalue weighted by atomic mass is 10.1. The predicted octanol–water partition coefficient (Wildman–Crippen LogP) is 4.12. The van der Waals surface area contributed by atoms with E-state index in [1.54, 1.807) is 12.1 Å². The molecule has 2 aromatic carbocycles. The summed E-state index contributed by atoms with van der Waals surface area (Å²) in [6, 6.07) is 12.0. The van der Waals surface area contributed by atoms with Crippen LogP contribution in [0.5, 0.6) is 5.75 Å². The van der Waals surface area contributed by atoms with E-state index in [0.29, 0.717) is 5.75 Å². The van der Waals surface area contributed by atoms with E-state index in [9.17, 15) is 9.59 Å². The average molecular weight is 392 g/mol. The van der Waals surface area contributed by atoms with E-state index in [4.69, 9.17) is 9.84 Å². The molecular weight excluding hydrogens is 374 g/mol. The zero-order valence-electron chi connectivity index (χ0n) is 13.2. The highest BCUT2D eigenvalue weighted by molar-refractivity contribution is 9.10. The van der Waals surface area contributed by atoms with Crippen molar-refractivity contribution in [2.45, 2.75) is 19.8 Å². The first kappa shape index (κ1) is 18.0. The van der Waals surface area contributed by atoms with Gasteiger partial charge in [-0.15, -0.1) is 0 Å². The number of carboxylic acids is 1. The van der Waals surface area contributed by atoms with Crippen LogP contribution in [0.3, 0.4) is 0 Å². The van der Waals surface area contributed by atoms with Gasteiger partial charge in [0.2, 0.25) is 0 Å². The first-order valence-electron chi connectivity index (χ1n) is 7.54. The topological polar surface area (TPSA) is 75.6 Å². The van der Waals surface area contributed by atoms with Gasteiger partial charge in [0.05, 0.1) is 15.7 Å². The van der Waals surface area contributed by atoms with Crippen molar-refractivity contribution >= 4 is 33.5 Å². The molecule has 0 aliphatic heterocycles. The summed E-state index contributed by atoms with van der Waals surface area (Å²) < 4.78 is 6.28. The molecule has 2 rings (SSSR count). The van der Waals surface area contributed by atoms with Crippen LogP contribution in [0.4, 0.5) is 5.69 Å². The SMILES string of the molecule is CCCc1ccc(OCC(=O)Nc2ccccc2C(=O)O)c(Br)c1. The molecule has 0 spiro atoms. The number of anilines is 1. The Hall–Kier alpha value is -2.34. The van der Waals surface area contributed by atoms with Crippen LogP contribution in [0.1, 0.15) is 29.3 Å². The molecule has 0 saturated heterocycles. The minimum absolute atomic E-state index is 0.0379. The molecule has 0 radical (unpaired) electrons. The number of amides is 1. The normalized spacial score (nSPS) is 10.2. The Labute approximate surface area is 148 Å². The standard InChI is InChI=1S/C18H18BrNO4/c1-2-5-12-8-9-16(14(19)10-12)24-11-17(21)20-15-7-4-3-6-13(15)18(22)23/h3-4,6-10H,2,5,11H2,1H3,(H,20,21)(H,22,23). The van der Waals surface area contributed by atoms with Crippen LogP contribution in [0.25, 0.3) is 0 Å². The van der Waals surface area contributed by atoms with Gasteiger partial charge < -0.3 is 15.2 Å². The number of ether oxygens (including phenoxy) is 1. The highest BCUT2D eigenvalue weighted by Crippen LogP contribution is 2.26. The van der Waals surface area contributed by atoms with Crippen molar-refractivity contribution in [3.05, 3.63) is 58.1 Å². The average Bonchev–Trinajstić information content (AvgIpc) is 2.54. The number of carbonyl (C=O) groups excluding carboxylic acids is 1. The number of benzene rings is 2.